The third-order valence-electron chi connectivity index (χ3n) is 3.94. The molecule has 8 heteroatoms. The van der Waals surface area contributed by atoms with Crippen LogP contribution in [0.4, 0.5) is 10.5 Å². The summed E-state index contributed by atoms with van der Waals surface area (Å²) in [6.45, 7) is 5.88. The van der Waals surface area contributed by atoms with Gasteiger partial charge in [0.15, 0.2) is 0 Å². The average molecular weight is 408 g/mol. The molecule has 28 heavy (non-hydrogen) atoms. The van der Waals surface area contributed by atoms with Gasteiger partial charge in [0.25, 0.3) is 0 Å². The Morgan fingerprint density at radius 2 is 1.68 bits per heavy atom. The van der Waals surface area contributed by atoms with Gasteiger partial charge in [-0.3, -0.25) is 0 Å². The first kappa shape index (κ1) is 22.0. The number of benzene rings is 2. The molecule has 0 aliphatic heterocycles. The topological polar surface area (TPSA) is 87.7 Å². The van der Waals surface area contributed by atoms with E-state index in [0.717, 1.165) is 11.1 Å². The normalized spacial score (nSPS) is 12.0. The number of amides is 1. The molecule has 0 aliphatic carbocycles. The minimum atomic E-state index is -3.67. The second kappa shape index (κ2) is 8.79. The summed E-state index contributed by atoms with van der Waals surface area (Å²) >= 11 is 0. The molecule has 0 aliphatic rings. The van der Waals surface area contributed by atoms with Crippen molar-refractivity contribution in [2.24, 2.45) is 0 Å². The van der Waals surface area contributed by atoms with Crippen LogP contribution < -0.4 is 14.9 Å². The highest BCUT2D eigenvalue weighted by Crippen LogP contribution is 2.30. The Labute approximate surface area is 167 Å². The van der Waals surface area contributed by atoms with Crippen LogP contribution in [0, 0.1) is 0 Å². The number of sulfonamides is 1. The highest BCUT2D eigenvalue weighted by atomic mass is 32.2. The SMILES string of the molecule is CN(C)c1cccc2c(S(=O)(=O)NCCCNC(=O)OC(C)(C)C)cccc12. The summed E-state index contributed by atoms with van der Waals surface area (Å²) in [4.78, 5) is 13.8. The second-order valence-corrected chi connectivity index (χ2v) is 9.44. The molecule has 0 aromatic heterocycles. The number of fused-ring (bicyclic) bond motifs is 1. The van der Waals surface area contributed by atoms with Gasteiger partial charge < -0.3 is 15.0 Å². The monoisotopic (exact) mass is 407 g/mol. The van der Waals surface area contributed by atoms with Crippen LogP contribution in [0.5, 0.6) is 0 Å². The summed E-state index contributed by atoms with van der Waals surface area (Å²) in [7, 11) is 0.174. The smallest absolute Gasteiger partial charge is 0.407 e. The van der Waals surface area contributed by atoms with Gasteiger partial charge in [-0.2, -0.15) is 0 Å². The summed E-state index contributed by atoms with van der Waals surface area (Å²) in [6, 6.07) is 10.9. The number of carbonyl (C=O) groups excluding carboxylic acids is 1. The molecule has 154 valence electrons. The van der Waals surface area contributed by atoms with Gasteiger partial charge in [-0.1, -0.05) is 24.3 Å². The largest absolute Gasteiger partial charge is 0.444 e. The maximum atomic E-state index is 12.8. The summed E-state index contributed by atoms with van der Waals surface area (Å²) in [6.07, 6.45) is -0.0627. The molecule has 2 aromatic rings. The number of hydrogen-bond acceptors (Lipinski definition) is 5. The molecule has 0 spiro atoms. The molecule has 1 amide bonds. The van der Waals surface area contributed by atoms with Crippen molar-refractivity contribution in [3.63, 3.8) is 0 Å². The van der Waals surface area contributed by atoms with Gasteiger partial charge in [0.1, 0.15) is 5.60 Å². The van der Waals surface area contributed by atoms with E-state index in [1.54, 1.807) is 39.0 Å². The lowest BCUT2D eigenvalue weighted by Gasteiger charge is -2.19. The fraction of sp³-hybridized carbons (Fsp3) is 0.450. The number of anilines is 1. The zero-order valence-corrected chi connectivity index (χ0v) is 17.9. The predicted molar refractivity (Wildman–Crippen MR) is 112 cm³/mol. The van der Waals surface area contributed by atoms with E-state index in [2.05, 4.69) is 10.0 Å². The van der Waals surface area contributed by atoms with E-state index in [4.69, 9.17) is 4.74 Å². The fourth-order valence-corrected chi connectivity index (χ4v) is 4.06. The summed E-state index contributed by atoms with van der Waals surface area (Å²) in [5, 5.41) is 4.16. The Balaban J connectivity index is 2.02. The quantitative estimate of drug-likeness (QED) is 0.689. The van der Waals surface area contributed by atoms with Crippen LogP contribution in [0.1, 0.15) is 27.2 Å². The van der Waals surface area contributed by atoms with Crippen LogP contribution in [-0.2, 0) is 14.8 Å². The van der Waals surface area contributed by atoms with E-state index >= 15 is 0 Å². The van der Waals surface area contributed by atoms with Crippen molar-refractivity contribution in [2.75, 3.05) is 32.1 Å². The molecule has 0 bridgehead atoms. The Kier molecular flexibility index (Phi) is 6.90. The Bertz CT molecular complexity index is 934. The van der Waals surface area contributed by atoms with Crippen LogP contribution in [0.25, 0.3) is 10.8 Å². The van der Waals surface area contributed by atoms with Gasteiger partial charge in [0, 0.05) is 43.6 Å². The zero-order chi connectivity index (χ0) is 20.9. The van der Waals surface area contributed by atoms with Crippen molar-refractivity contribution in [3.8, 4) is 0 Å². The van der Waals surface area contributed by atoms with Gasteiger partial charge >= 0.3 is 6.09 Å². The van der Waals surface area contributed by atoms with Crippen LogP contribution in [-0.4, -0.2) is 47.3 Å². The maximum absolute atomic E-state index is 12.8. The van der Waals surface area contributed by atoms with E-state index in [9.17, 15) is 13.2 Å². The molecule has 0 unspecified atom stereocenters. The molecular formula is C20H29N3O4S. The fourth-order valence-electron chi connectivity index (χ4n) is 2.77. The lowest BCUT2D eigenvalue weighted by Crippen LogP contribution is -2.34. The van der Waals surface area contributed by atoms with Gasteiger partial charge in [-0.15, -0.1) is 0 Å². The van der Waals surface area contributed by atoms with Gasteiger partial charge in [0.2, 0.25) is 10.0 Å². The maximum Gasteiger partial charge on any atom is 0.407 e. The minimum absolute atomic E-state index is 0.210. The van der Waals surface area contributed by atoms with Crippen LogP contribution in [0.3, 0.4) is 0 Å². The third kappa shape index (κ3) is 5.84. The Morgan fingerprint density at radius 3 is 2.32 bits per heavy atom. The molecule has 0 radical (unpaired) electrons. The number of rotatable bonds is 7. The molecule has 0 saturated heterocycles. The summed E-state index contributed by atoms with van der Waals surface area (Å²) < 4.78 is 33.3. The molecular weight excluding hydrogens is 378 g/mol. The van der Waals surface area contributed by atoms with E-state index in [1.807, 2.05) is 37.2 Å². The molecule has 2 aromatic carbocycles. The molecule has 0 atom stereocenters. The van der Waals surface area contributed by atoms with Crippen molar-refractivity contribution in [3.05, 3.63) is 36.4 Å². The average Bonchev–Trinajstić information content (AvgIpc) is 2.58. The van der Waals surface area contributed by atoms with E-state index in [-0.39, 0.29) is 11.4 Å². The number of hydrogen-bond donors (Lipinski definition) is 2. The van der Waals surface area contributed by atoms with Gasteiger partial charge in [-0.05, 0) is 39.3 Å². The first-order valence-electron chi connectivity index (χ1n) is 9.17. The van der Waals surface area contributed by atoms with Crippen molar-refractivity contribution in [2.45, 2.75) is 37.7 Å². The number of alkyl carbamates (subject to hydrolysis) is 1. The first-order chi connectivity index (χ1) is 13.0. The summed E-state index contributed by atoms with van der Waals surface area (Å²) in [5.74, 6) is 0. The molecule has 2 rings (SSSR count). The van der Waals surface area contributed by atoms with E-state index in [1.165, 1.54) is 0 Å². The molecule has 2 N–H and O–H groups in total. The van der Waals surface area contributed by atoms with E-state index in [0.29, 0.717) is 18.4 Å². The van der Waals surface area contributed by atoms with Gasteiger partial charge in [0.05, 0.1) is 4.90 Å². The number of carbonyl (C=O) groups is 1. The minimum Gasteiger partial charge on any atom is -0.444 e. The lowest BCUT2D eigenvalue weighted by molar-refractivity contribution is 0.0527. The second-order valence-electron chi connectivity index (χ2n) is 7.70. The molecule has 0 saturated carbocycles. The highest BCUT2D eigenvalue weighted by molar-refractivity contribution is 7.89. The number of nitrogens with one attached hydrogen (secondary N) is 2. The highest BCUT2D eigenvalue weighted by Gasteiger charge is 2.18. The van der Waals surface area contributed by atoms with Crippen LogP contribution in [0.15, 0.2) is 41.3 Å². The molecule has 0 fully saturated rings. The Hall–Kier alpha value is -2.32. The lowest BCUT2D eigenvalue weighted by atomic mass is 10.1. The van der Waals surface area contributed by atoms with Crippen molar-refractivity contribution < 1.29 is 17.9 Å². The van der Waals surface area contributed by atoms with Crippen molar-refractivity contribution in [1.29, 1.82) is 0 Å². The summed E-state index contributed by atoms with van der Waals surface area (Å²) in [5.41, 5.74) is 0.391. The molecule has 7 nitrogen and oxygen atoms in total. The number of nitrogens with zero attached hydrogens (tertiary/aromatic N) is 1. The third-order valence-corrected chi connectivity index (χ3v) is 5.46. The van der Waals surface area contributed by atoms with Crippen LogP contribution in [0.2, 0.25) is 0 Å². The Morgan fingerprint density at radius 1 is 1.04 bits per heavy atom. The van der Waals surface area contributed by atoms with Gasteiger partial charge in [-0.25, -0.2) is 17.9 Å². The van der Waals surface area contributed by atoms with E-state index < -0.39 is 21.7 Å². The van der Waals surface area contributed by atoms with Crippen LogP contribution >= 0.6 is 0 Å². The van der Waals surface area contributed by atoms with Crippen molar-refractivity contribution >= 4 is 32.6 Å². The number of ether oxygens (including phenoxy) is 1. The molecule has 0 heterocycles. The predicted octanol–water partition coefficient (Wildman–Crippen LogP) is 3.10. The first-order valence-corrected chi connectivity index (χ1v) is 10.7. The standard InChI is InChI=1S/C20H29N3O4S/c1-20(2,3)27-19(24)21-13-8-14-22-28(25,26)18-12-7-9-15-16(18)10-6-11-17(15)23(4)5/h6-7,9-12,22H,8,13-14H2,1-5H3,(H,21,24). The van der Waals surface area contributed by atoms with Crippen molar-refractivity contribution in [1.82, 2.24) is 10.0 Å². The zero-order valence-electron chi connectivity index (χ0n) is 17.1.